The molecule has 0 rings (SSSR count). The monoisotopic (exact) mass is 384 g/mol. The molecule has 0 heterocycles. The van der Waals surface area contributed by atoms with E-state index < -0.39 is 0 Å². The molecule has 2 atom stereocenters. The van der Waals surface area contributed by atoms with Gasteiger partial charge in [-0.05, 0) is 40.7 Å². The molecule has 0 fully saturated rings. The molecular formula is C14H33IN4. The highest BCUT2D eigenvalue weighted by atomic mass is 127. The second kappa shape index (κ2) is 13.0. The topological polar surface area (TPSA) is 39.7 Å². The number of aliphatic imine (C=N–C) groups is 1. The van der Waals surface area contributed by atoms with Crippen molar-refractivity contribution in [1.82, 2.24) is 15.5 Å². The molecule has 2 unspecified atom stereocenters. The third-order valence-electron chi connectivity index (χ3n) is 3.41. The van der Waals surface area contributed by atoms with E-state index in [1.54, 1.807) is 0 Å². The largest absolute Gasteiger partial charge is 0.357 e. The molecule has 0 aromatic carbocycles. The first kappa shape index (κ1) is 21.3. The fraction of sp³-hybridized carbons (Fsp3) is 0.929. The van der Waals surface area contributed by atoms with Gasteiger partial charge in [-0.3, -0.25) is 4.99 Å². The van der Waals surface area contributed by atoms with Crippen LogP contribution in [0.25, 0.3) is 0 Å². The Bertz CT molecular complexity index is 233. The lowest BCUT2D eigenvalue weighted by molar-refractivity contribution is 0.259. The summed E-state index contributed by atoms with van der Waals surface area (Å²) in [6.45, 7) is 13.7. The minimum atomic E-state index is 0. The van der Waals surface area contributed by atoms with Crippen LogP contribution < -0.4 is 10.6 Å². The van der Waals surface area contributed by atoms with Gasteiger partial charge in [0.25, 0.3) is 0 Å². The average molecular weight is 384 g/mol. The van der Waals surface area contributed by atoms with Crippen molar-refractivity contribution in [2.24, 2.45) is 4.99 Å². The molecule has 0 aromatic rings. The van der Waals surface area contributed by atoms with Gasteiger partial charge in [-0.15, -0.1) is 24.0 Å². The van der Waals surface area contributed by atoms with E-state index in [0.717, 1.165) is 32.0 Å². The highest BCUT2D eigenvalue weighted by molar-refractivity contribution is 14.0. The van der Waals surface area contributed by atoms with E-state index in [1.165, 1.54) is 6.42 Å². The lowest BCUT2D eigenvalue weighted by Crippen LogP contribution is -2.42. The molecular weight excluding hydrogens is 351 g/mol. The molecule has 0 spiro atoms. The molecule has 5 heteroatoms. The molecule has 0 amide bonds. The smallest absolute Gasteiger partial charge is 0.191 e. The van der Waals surface area contributed by atoms with Crippen molar-refractivity contribution in [1.29, 1.82) is 0 Å². The van der Waals surface area contributed by atoms with E-state index in [4.69, 9.17) is 0 Å². The van der Waals surface area contributed by atoms with Crippen LogP contribution >= 0.6 is 24.0 Å². The van der Waals surface area contributed by atoms with Crippen molar-refractivity contribution in [2.45, 2.75) is 59.5 Å². The van der Waals surface area contributed by atoms with Gasteiger partial charge >= 0.3 is 0 Å². The molecule has 0 bridgehead atoms. The van der Waals surface area contributed by atoms with Gasteiger partial charge in [0, 0.05) is 25.2 Å². The summed E-state index contributed by atoms with van der Waals surface area (Å²) in [7, 11) is 2.17. The van der Waals surface area contributed by atoms with Crippen LogP contribution in [0.1, 0.15) is 47.5 Å². The van der Waals surface area contributed by atoms with E-state index >= 15 is 0 Å². The normalized spacial score (nSPS) is 14.8. The van der Waals surface area contributed by atoms with Gasteiger partial charge < -0.3 is 15.5 Å². The minimum Gasteiger partial charge on any atom is -0.357 e. The zero-order chi connectivity index (χ0) is 14.0. The van der Waals surface area contributed by atoms with Crippen molar-refractivity contribution in [3.05, 3.63) is 0 Å². The minimum absolute atomic E-state index is 0. The zero-order valence-corrected chi connectivity index (χ0v) is 15.8. The molecule has 0 aliphatic rings. The summed E-state index contributed by atoms with van der Waals surface area (Å²) in [6, 6.07) is 1.10. The number of likely N-dealkylation sites (N-methyl/N-ethyl adjacent to an activating group) is 1. The van der Waals surface area contributed by atoms with E-state index in [-0.39, 0.29) is 24.0 Å². The Labute approximate surface area is 136 Å². The summed E-state index contributed by atoms with van der Waals surface area (Å²) >= 11 is 0. The maximum absolute atomic E-state index is 4.61. The van der Waals surface area contributed by atoms with Crippen LogP contribution in [0.3, 0.4) is 0 Å². The van der Waals surface area contributed by atoms with Crippen molar-refractivity contribution < 1.29 is 0 Å². The van der Waals surface area contributed by atoms with Crippen LogP contribution in [0.5, 0.6) is 0 Å². The lowest BCUT2D eigenvalue weighted by Gasteiger charge is -2.23. The first-order chi connectivity index (χ1) is 8.54. The fourth-order valence-electron chi connectivity index (χ4n) is 1.51. The molecule has 116 valence electrons. The molecule has 4 nitrogen and oxygen atoms in total. The van der Waals surface area contributed by atoms with Gasteiger partial charge in [-0.25, -0.2) is 0 Å². The average Bonchev–Trinajstić information content (AvgIpc) is 2.37. The molecule has 0 saturated heterocycles. The summed E-state index contributed by atoms with van der Waals surface area (Å²) in [4.78, 5) is 6.97. The van der Waals surface area contributed by atoms with E-state index in [9.17, 15) is 0 Å². The van der Waals surface area contributed by atoms with Crippen LogP contribution in [0.4, 0.5) is 0 Å². The van der Waals surface area contributed by atoms with E-state index in [2.05, 4.69) is 62.2 Å². The van der Waals surface area contributed by atoms with E-state index in [0.29, 0.717) is 12.1 Å². The summed E-state index contributed by atoms with van der Waals surface area (Å²) in [6.07, 6.45) is 2.29. The molecule has 0 aliphatic carbocycles. The summed E-state index contributed by atoms with van der Waals surface area (Å²) < 4.78 is 0. The Morgan fingerprint density at radius 2 is 1.79 bits per heavy atom. The number of guanidine groups is 1. The van der Waals surface area contributed by atoms with Crippen LogP contribution in [0.2, 0.25) is 0 Å². The molecule has 0 aromatic heterocycles. The van der Waals surface area contributed by atoms with Crippen LogP contribution in [0, 0.1) is 0 Å². The van der Waals surface area contributed by atoms with E-state index in [1.807, 2.05) is 0 Å². The summed E-state index contributed by atoms with van der Waals surface area (Å²) in [5, 5.41) is 6.69. The second-order valence-electron chi connectivity index (χ2n) is 4.95. The standard InChI is InChI=1S/C14H32N4.HI/c1-7-12(4)17-14(15-9-3)16-10-11-18(6)13(5)8-2;/h12-13H,7-11H2,1-6H3,(H2,15,16,17);1H. The lowest BCUT2D eigenvalue weighted by atomic mass is 10.2. The first-order valence-corrected chi connectivity index (χ1v) is 7.30. The van der Waals surface area contributed by atoms with Gasteiger partial charge in [-0.1, -0.05) is 13.8 Å². The Hall–Kier alpha value is -0.0400. The number of hydrogen-bond donors (Lipinski definition) is 2. The van der Waals surface area contributed by atoms with Crippen LogP contribution in [0.15, 0.2) is 4.99 Å². The van der Waals surface area contributed by atoms with Crippen molar-refractivity contribution in [3.63, 3.8) is 0 Å². The maximum Gasteiger partial charge on any atom is 0.191 e. The third kappa shape index (κ3) is 10.4. The Balaban J connectivity index is 0. The van der Waals surface area contributed by atoms with Gasteiger partial charge in [-0.2, -0.15) is 0 Å². The number of hydrogen-bond acceptors (Lipinski definition) is 2. The number of halogens is 1. The summed E-state index contributed by atoms with van der Waals surface area (Å²) in [5.74, 6) is 0.935. The SMILES string of the molecule is CCNC(=NCCN(C)C(C)CC)NC(C)CC.I. The number of nitrogens with one attached hydrogen (secondary N) is 2. The third-order valence-corrected chi connectivity index (χ3v) is 3.41. The maximum atomic E-state index is 4.61. The zero-order valence-electron chi connectivity index (χ0n) is 13.5. The second-order valence-corrected chi connectivity index (χ2v) is 4.95. The molecule has 0 aliphatic heterocycles. The Kier molecular flexibility index (Phi) is 14.5. The van der Waals surface area contributed by atoms with Gasteiger partial charge in [0.1, 0.15) is 0 Å². The number of nitrogens with zero attached hydrogens (tertiary/aromatic N) is 2. The first-order valence-electron chi connectivity index (χ1n) is 7.30. The Morgan fingerprint density at radius 3 is 2.26 bits per heavy atom. The fourth-order valence-corrected chi connectivity index (χ4v) is 1.51. The molecule has 0 saturated carbocycles. The van der Waals surface area contributed by atoms with Crippen molar-refractivity contribution in [3.8, 4) is 0 Å². The quantitative estimate of drug-likeness (QED) is 0.384. The van der Waals surface area contributed by atoms with Crippen LogP contribution in [-0.2, 0) is 0 Å². The highest BCUT2D eigenvalue weighted by Gasteiger charge is 2.06. The predicted molar refractivity (Wildman–Crippen MR) is 96.7 cm³/mol. The van der Waals surface area contributed by atoms with Crippen molar-refractivity contribution in [2.75, 3.05) is 26.7 Å². The van der Waals surface area contributed by atoms with Gasteiger partial charge in [0.2, 0.25) is 0 Å². The highest BCUT2D eigenvalue weighted by Crippen LogP contribution is 1.98. The van der Waals surface area contributed by atoms with Gasteiger partial charge in [0.15, 0.2) is 5.96 Å². The van der Waals surface area contributed by atoms with Crippen LogP contribution in [-0.4, -0.2) is 49.6 Å². The summed E-state index contributed by atoms with van der Waals surface area (Å²) in [5.41, 5.74) is 0. The molecule has 2 N–H and O–H groups in total. The predicted octanol–water partition coefficient (Wildman–Crippen LogP) is 2.69. The van der Waals surface area contributed by atoms with Gasteiger partial charge in [0.05, 0.1) is 6.54 Å². The Morgan fingerprint density at radius 1 is 1.16 bits per heavy atom. The number of rotatable bonds is 8. The molecule has 0 radical (unpaired) electrons. The molecule has 19 heavy (non-hydrogen) atoms. The van der Waals surface area contributed by atoms with Crippen molar-refractivity contribution >= 4 is 29.9 Å².